The van der Waals surface area contributed by atoms with Crippen molar-refractivity contribution in [3.8, 4) is 5.75 Å². The van der Waals surface area contributed by atoms with Gasteiger partial charge in [0, 0.05) is 24.0 Å². The van der Waals surface area contributed by atoms with Crippen LogP contribution in [0.4, 0.5) is 5.69 Å². The molecule has 2 N–H and O–H groups in total. The van der Waals surface area contributed by atoms with Gasteiger partial charge in [0.05, 0.1) is 11.0 Å². The Morgan fingerprint density at radius 3 is 2.89 bits per heavy atom. The maximum atomic E-state index is 11.5. The van der Waals surface area contributed by atoms with E-state index >= 15 is 0 Å². The van der Waals surface area contributed by atoms with Crippen molar-refractivity contribution >= 4 is 21.6 Å². The lowest BCUT2D eigenvalue weighted by molar-refractivity contribution is 0.295. The maximum Gasteiger partial charge on any atom is 0.250 e. The zero-order chi connectivity index (χ0) is 13.0. The van der Waals surface area contributed by atoms with E-state index in [0.717, 1.165) is 4.47 Å². The average Bonchev–Trinajstić information content (AvgIpc) is 2.36. The number of hydrogen-bond donors (Lipinski definition) is 1. The molecule has 94 valence electrons. The Balaban J connectivity index is 1.99. The number of pyridine rings is 1. The van der Waals surface area contributed by atoms with Crippen molar-refractivity contribution in [2.45, 2.75) is 6.54 Å². The lowest BCUT2D eigenvalue weighted by Crippen LogP contribution is -2.21. The lowest BCUT2D eigenvalue weighted by Gasteiger charge is -2.10. The third-order valence-corrected chi connectivity index (χ3v) is 3.10. The van der Waals surface area contributed by atoms with E-state index in [1.54, 1.807) is 29.0 Å². The first-order chi connectivity index (χ1) is 8.66. The molecule has 18 heavy (non-hydrogen) atoms. The molecule has 0 saturated heterocycles. The first-order valence-electron chi connectivity index (χ1n) is 5.50. The summed E-state index contributed by atoms with van der Waals surface area (Å²) in [6, 6.07) is 10.4. The van der Waals surface area contributed by atoms with E-state index in [4.69, 9.17) is 10.5 Å². The quantitative estimate of drug-likeness (QED) is 0.882. The first-order valence-corrected chi connectivity index (χ1v) is 6.29. The van der Waals surface area contributed by atoms with Crippen molar-refractivity contribution in [3.63, 3.8) is 0 Å². The van der Waals surface area contributed by atoms with Gasteiger partial charge in [0.2, 0.25) is 0 Å². The smallest absolute Gasteiger partial charge is 0.250 e. The Morgan fingerprint density at radius 1 is 1.28 bits per heavy atom. The maximum absolute atomic E-state index is 11.5. The van der Waals surface area contributed by atoms with Gasteiger partial charge in [0.25, 0.3) is 5.56 Å². The van der Waals surface area contributed by atoms with Gasteiger partial charge in [0.1, 0.15) is 12.4 Å². The van der Waals surface area contributed by atoms with Gasteiger partial charge >= 0.3 is 0 Å². The second-order valence-corrected chi connectivity index (χ2v) is 4.62. The molecular weight excluding hydrogens is 296 g/mol. The molecule has 5 heteroatoms. The van der Waals surface area contributed by atoms with Crippen LogP contribution in [0, 0.1) is 0 Å². The zero-order valence-electron chi connectivity index (χ0n) is 9.67. The van der Waals surface area contributed by atoms with Crippen LogP contribution in [0.5, 0.6) is 5.75 Å². The van der Waals surface area contributed by atoms with Crippen molar-refractivity contribution in [3.05, 3.63) is 57.4 Å². The topological polar surface area (TPSA) is 57.2 Å². The van der Waals surface area contributed by atoms with E-state index < -0.39 is 0 Å². The number of benzene rings is 1. The highest BCUT2D eigenvalue weighted by molar-refractivity contribution is 9.10. The van der Waals surface area contributed by atoms with E-state index in [2.05, 4.69) is 15.9 Å². The summed E-state index contributed by atoms with van der Waals surface area (Å²) in [5, 5.41) is 0. The molecule has 2 rings (SSSR count). The predicted octanol–water partition coefficient (Wildman–Crippen LogP) is 2.27. The van der Waals surface area contributed by atoms with Crippen molar-refractivity contribution in [2.75, 3.05) is 12.3 Å². The SMILES string of the molecule is Nc1ccc(Br)c(OCCn2ccccc2=O)c1. The van der Waals surface area contributed by atoms with Gasteiger partial charge in [-0.1, -0.05) is 6.07 Å². The minimum Gasteiger partial charge on any atom is -0.490 e. The molecule has 1 aromatic heterocycles. The number of aromatic nitrogens is 1. The summed E-state index contributed by atoms with van der Waals surface area (Å²) in [4.78, 5) is 11.5. The second-order valence-electron chi connectivity index (χ2n) is 3.77. The zero-order valence-corrected chi connectivity index (χ0v) is 11.3. The van der Waals surface area contributed by atoms with Crippen LogP contribution in [0.2, 0.25) is 0 Å². The van der Waals surface area contributed by atoms with Crippen molar-refractivity contribution in [2.24, 2.45) is 0 Å². The van der Waals surface area contributed by atoms with Gasteiger partial charge in [-0.3, -0.25) is 4.79 Å². The fourth-order valence-corrected chi connectivity index (χ4v) is 1.89. The van der Waals surface area contributed by atoms with Gasteiger partial charge in [-0.15, -0.1) is 0 Å². The molecule has 0 fully saturated rings. The van der Waals surface area contributed by atoms with Crippen LogP contribution in [0.1, 0.15) is 0 Å². The van der Waals surface area contributed by atoms with Gasteiger partial charge in [0.15, 0.2) is 0 Å². The normalized spacial score (nSPS) is 10.3. The number of anilines is 1. The summed E-state index contributed by atoms with van der Waals surface area (Å²) in [6.45, 7) is 0.910. The van der Waals surface area contributed by atoms with E-state index in [0.29, 0.717) is 24.6 Å². The lowest BCUT2D eigenvalue weighted by atomic mass is 10.3. The Labute approximate surface area is 113 Å². The van der Waals surface area contributed by atoms with E-state index in [9.17, 15) is 4.79 Å². The van der Waals surface area contributed by atoms with Crippen molar-refractivity contribution in [1.82, 2.24) is 4.57 Å². The minimum atomic E-state index is -0.0345. The number of nitrogens with two attached hydrogens (primary N) is 1. The van der Waals surface area contributed by atoms with Gasteiger partial charge in [-0.05, 0) is 34.1 Å². The van der Waals surface area contributed by atoms with Gasteiger partial charge in [-0.2, -0.15) is 0 Å². The summed E-state index contributed by atoms with van der Waals surface area (Å²) in [7, 11) is 0. The summed E-state index contributed by atoms with van der Waals surface area (Å²) in [5.74, 6) is 0.680. The van der Waals surface area contributed by atoms with Crippen LogP contribution in [0.3, 0.4) is 0 Å². The molecule has 1 aromatic carbocycles. The third-order valence-electron chi connectivity index (χ3n) is 2.44. The van der Waals surface area contributed by atoms with Crippen molar-refractivity contribution in [1.29, 1.82) is 0 Å². The fourth-order valence-electron chi connectivity index (χ4n) is 1.53. The summed E-state index contributed by atoms with van der Waals surface area (Å²) in [5.41, 5.74) is 6.29. The Morgan fingerprint density at radius 2 is 2.11 bits per heavy atom. The first kappa shape index (κ1) is 12.7. The number of rotatable bonds is 4. The highest BCUT2D eigenvalue weighted by atomic mass is 79.9. The van der Waals surface area contributed by atoms with Crippen LogP contribution in [0.15, 0.2) is 51.9 Å². The molecule has 1 heterocycles. The van der Waals surface area contributed by atoms with E-state index in [1.165, 1.54) is 6.07 Å². The molecule has 4 nitrogen and oxygen atoms in total. The molecule has 0 atom stereocenters. The molecule has 0 unspecified atom stereocenters. The standard InChI is InChI=1S/C13H13BrN2O2/c14-11-5-4-10(15)9-12(11)18-8-7-16-6-2-1-3-13(16)17/h1-6,9H,7-8,15H2. The Hall–Kier alpha value is -1.75. The van der Waals surface area contributed by atoms with Crippen LogP contribution in [0.25, 0.3) is 0 Å². The molecule has 0 bridgehead atoms. The average molecular weight is 309 g/mol. The van der Waals surface area contributed by atoms with E-state index in [-0.39, 0.29) is 5.56 Å². The number of ether oxygens (including phenoxy) is 1. The molecule has 0 saturated carbocycles. The van der Waals surface area contributed by atoms with Crippen LogP contribution < -0.4 is 16.0 Å². The van der Waals surface area contributed by atoms with Gasteiger partial charge in [-0.25, -0.2) is 0 Å². The van der Waals surface area contributed by atoms with Crippen LogP contribution in [-0.4, -0.2) is 11.2 Å². The number of hydrogen-bond acceptors (Lipinski definition) is 3. The highest BCUT2D eigenvalue weighted by Gasteiger charge is 2.02. The molecule has 0 amide bonds. The summed E-state index contributed by atoms with van der Waals surface area (Å²) >= 11 is 3.38. The number of halogens is 1. The third kappa shape index (κ3) is 3.13. The monoisotopic (exact) mass is 308 g/mol. The van der Waals surface area contributed by atoms with Gasteiger partial charge < -0.3 is 15.0 Å². The number of nitrogens with zero attached hydrogens (tertiary/aromatic N) is 1. The molecule has 0 aliphatic heterocycles. The largest absolute Gasteiger partial charge is 0.490 e. The highest BCUT2D eigenvalue weighted by Crippen LogP contribution is 2.26. The van der Waals surface area contributed by atoms with Crippen LogP contribution >= 0.6 is 15.9 Å². The summed E-state index contributed by atoms with van der Waals surface area (Å²) < 4.78 is 8.03. The Bertz CT molecular complexity index is 596. The summed E-state index contributed by atoms with van der Waals surface area (Å²) in [6.07, 6.45) is 1.74. The molecule has 0 aliphatic carbocycles. The molecule has 0 aliphatic rings. The minimum absolute atomic E-state index is 0.0345. The van der Waals surface area contributed by atoms with Crippen LogP contribution in [-0.2, 0) is 6.54 Å². The molecule has 0 spiro atoms. The molecule has 0 radical (unpaired) electrons. The molecule has 2 aromatic rings. The van der Waals surface area contributed by atoms with Crippen molar-refractivity contribution < 1.29 is 4.74 Å². The Kier molecular flexibility index (Phi) is 4.04. The number of nitrogen functional groups attached to an aromatic ring is 1. The molecular formula is C13H13BrN2O2. The predicted molar refractivity (Wildman–Crippen MR) is 74.8 cm³/mol. The fraction of sp³-hybridized carbons (Fsp3) is 0.154. The second kappa shape index (κ2) is 5.73. The van der Waals surface area contributed by atoms with E-state index in [1.807, 2.05) is 12.1 Å².